The van der Waals surface area contributed by atoms with Crippen LogP contribution in [0, 0.1) is 5.92 Å². The Morgan fingerprint density at radius 1 is 1.28 bits per heavy atom. The third-order valence-electron chi connectivity index (χ3n) is 4.88. The third kappa shape index (κ3) is 3.94. The predicted molar refractivity (Wildman–Crippen MR) is 75.9 cm³/mol. The number of piperidine rings is 1. The van der Waals surface area contributed by atoms with Gasteiger partial charge in [-0.2, -0.15) is 0 Å². The van der Waals surface area contributed by atoms with Gasteiger partial charge in [-0.05, 0) is 71.6 Å². The second kappa shape index (κ2) is 6.36. The molecule has 2 atom stereocenters. The van der Waals surface area contributed by atoms with E-state index in [1.54, 1.807) is 0 Å². The topological polar surface area (TPSA) is 24.5 Å². The van der Waals surface area contributed by atoms with Gasteiger partial charge in [-0.15, -0.1) is 0 Å². The van der Waals surface area contributed by atoms with E-state index in [1.165, 1.54) is 45.3 Å². The van der Waals surface area contributed by atoms with Gasteiger partial charge in [0.2, 0.25) is 0 Å². The van der Waals surface area contributed by atoms with Crippen molar-refractivity contribution in [1.82, 2.24) is 10.2 Å². The van der Waals surface area contributed by atoms with E-state index in [1.807, 2.05) is 0 Å². The molecule has 2 heterocycles. The van der Waals surface area contributed by atoms with E-state index >= 15 is 0 Å². The average Bonchev–Trinajstić information content (AvgIpc) is 2.38. The van der Waals surface area contributed by atoms with Crippen LogP contribution >= 0.6 is 0 Å². The Morgan fingerprint density at radius 3 is 2.67 bits per heavy atom. The molecule has 106 valence electrons. The lowest BCUT2D eigenvalue weighted by Crippen LogP contribution is -2.47. The van der Waals surface area contributed by atoms with Crippen molar-refractivity contribution < 1.29 is 4.74 Å². The van der Waals surface area contributed by atoms with Crippen LogP contribution in [0.5, 0.6) is 0 Å². The molecule has 18 heavy (non-hydrogen) atoms. The molecule has 0 aliphatic carbocycles. The van der Waals surface area contributed by atoms with Gasteiger partial charge in [0.1, 0.15) is 0 Å². The van der Waals surface area contributed by atoms with Crippen LogP contribution in [-0.4, -0.2) is 49.8 Å². The van der Waals surface area contributed by atoms with E-state index in [-0.39, 0.29) is 5.60 Å². The van der Waals surface area contributed by atoms with E-state index in [2.05, 4.69) is 31.1 Å². The summed E-state index contributed by atoms with van der Waals surface area (Å²) in [4.78, 5) is 2.44. The Balaban J connectivity index is 1.70. The first kappa shape index (κ1) is 14.3. The Hall–Kier alpha value is -0.120. The molecule has 1 N–H and O–H groups in total. The van der Waals surface area contributed by atoms with Crippen molar-refractivity contribution in [1.29, 1.82) is 0 Å². The summed E-state index contributed by atoms with van der Waals surface area (Å²) in [5.74, 6) is 0.886. The highest BCUT2D eigenvalue weighted by Crippen LogP contribution is 2.28. The molecule has 0 amide bonds. The van der Waals surface area contributed by atoms with E-state index in [9.17, 15) is 0 Å². The standard InChI is InChI=1S/C15H30N2O/c1-4-15(2)11-14(7-10-18-15)16-12-13-5-8-17(3)9-6-13/h13-14,16H,4-12H2,1-3H3. The largest absolute Gasteiger partial charge is 0.375 e. The molecular weight excluding hydrogens is 224 g/mol. The zero-order chi connectivity index (χ0) is 13.0. The minimum Gasteiger partial charge on any atom is -0.375 e. The first-order valence-corrected chi connectivity index (χ1v) is 7.67. The van der Waals surface area contributed by atoms with Gasteiger partial charge < -0.3 is 15.0 Å². The highest BCUT2D eigenvalue weighted by Gasteiger charge is 2.31. The molecule has 3 nitrogen and oxygen atoms in total. The number of hydrogen-bond donors (Lipinski definition) is 1. The Morgan fingerprint density at radius 2 is 2.00 bits per heavy atom. The lowest BCUT2D eigenvalue weighted by molar-refractivity contribution is -0.0783. The van der Waals surface area contributed by atoms with E-state index in [4.69, 9.17) is 4.74 Å². The maximum absolute atomic E-state index is 5.90. The molecule has 2 unspecified atom stereocenters. The second-order valence-electron chi connectivity index (χ2n) is 6.50. The number of hydrogen-bond acceptors (Lipinski definition) is 3. The SMILES string of the molecule is CCC1(C)CC(NCC2CCN(C)CC2)CCO1. The molecule has 0 aromatic rings. The van der Waals surface area contributed by atoms with Gasteiger partial charge >= 0.3 is 0 Å². The summed E-state index contributed by atoms with van der Waals surface area (Å²) in [6.45, 7) is 9.17. The molecule has 2 rings (SSSR count). The molecule has 0 saturated carbocycles. The lowest BCUT2D eigenvalue weighted by atomic mass is 9.89. The zero-order valence-corrected chi connectivity index (χ0v) is 12.4. The molecule has 2 aliphatic heterocycles. The van der Waals surface area contributed by atoms with Crippen molar-refractivity contribution in [2.75, 3.05) is 33.3 Å². The fourth-order valence-corrected chi connectivity index (χ4v) is 3.15. The van der Waals surface area contributed by atoms with Crippen LogP contribution in [0.1, 0.15) is 46.0 Å². The van der Waals surface area contributed by atoms with E-state index in [0.29, 0.717) is 6.04 Å². The van der Waals surface area contributed by atoms with Crippen molar-refractivity contribution in [3.05, 3.63) is 0 Å². The van der Waals surface area contributed by atoms with Gasteiger partial charge in [-0.3, -0.25) is 0 Å². The first-order valence-electron chi connectivity index (χ1n) is 7.67. The Bertz CT molecular complexity index is 251. The smallest absolute Gasteiger partial charge is 0.0666 e. The van der Waals surface area contributed by atoms with Crippen molar-refractivity contribution in [2.45, 2.75) is 57.6 Å². The molecule has 3 heteroatoms. The van der Waals surface area contributed by atoms with Crippen molar-refractivity contribution in [3.63, 3.8) is 0 Å². The molecular formula is C15H30N2O. The van der Waals surface area contributed by atoms with Crippen molar-refractivity contribution in [2.24, 2.45) is 5.92 Å². The number of nitrogens with one attached hydrogen (secondary N) is 1. The minimum atomic E-state index is 0.114. The molecule has 0 aromatic heterocycles. The quantitative estimate of drug-likeness (QED) is 0.833. The number of likely N-dealkylation sites (tertiary alicyclic amines) is 1. The normalized spacial score (nSPS) is 35.8. The molecule has 0 spiro atoms. The van der Waals surface area contributed by atoms with E-state index in [0.717, 1.165) is 18.9 Å². The fourth-order valence-electron chi connectivity index (χ4n) is 3.15. The van der Waals surface area contributed by atoms with Gasteiger partial charge in [-0.1, -0.05) is 6.92 Å². The van der Waals surface area contributed by atoms with E-state index < -0.39 is 0 Å². The molecule has 0 radical (unpaired) electrons. The fraction of sp³-hybridized carbons (Fsp3) is 1.00. The maximum atomic E-state index is 5.90. The van der Waals surface area contributed by atoms with Crippen LogP contribution in [0.2, 0.25) is 0 Å². The Labute approximate surface area is 112 Å². The van der Waals surface area contributed by atoms with Gasteiger partial charge in [-0.25, -0.2) is 0 Å². The van der Waals surface area contributed by atoms with Crippen molar-refractivity contribution >= 4 is 0 Å². The number of nitrogens with zero attached hydrogens (tertiary/aromatic N) is 1. The summed E-state index contributed by atoms with van der Waals surface area (Å²) in [5, 5.41) is 3.80. The molecule has 2 fully saturated rings. The maximum Gasteiger partial charge on any atom is 0.0666 e. The zero-order valence-electron chi connectivity index (χ0n) is 12.4. The number of rotatable bonds is 4. The summed E-state index contributed by atoms with van der Waals surface area (Å²) < 4.78 is 5.90. The molecule has 0 bridgehead atoms. The summed E-state index contributed by atoms with van der Waals surface area (Å²) >= 11 is 0. The van der Waals surface area contributed by atoms with Crippen LogP contribution in [0.15, 0.2) is 0 Å². The molecule has 2 saturated heterocycles. The predicted octanol–water partition coefficient (Wildman–Crippen LogP) is 2.27. The van der Waals surface area contributed by atoms with Gasteiger partial charge in [0, 0.05) is 12.6 Å². The summed E-state index contributed by atoms with van der Waals surface area (Å²) in [6.07, 6.45) is 6.20. The monoisotopic (exact) mass is 254 g/mol. The second-order valence-corrected chi connectivity index (χ2v) is 6.50. The van der Waals surface area contributed by atoms with Crippen LogP contribution < -0.4 is 5.32 Å². The minimum absolute atomic E-state index is 0.114. The van der Waals surface area contributed by atoms with Gasteiger partial charge in [0.15, 0.2) is 0 Å². The summed E-state index contributed by atoms with van der Waals surface area (Å²) in [7, 11) is 2.23. The van der Waals surface area contributed by atoms with Crippen LogP contribution in [0.25, 0.3) is 0 Å². The summed E-state index contributed by atoms with van der Waals surface area (Å²) in [6, 6.07) is 0.670. The van der Waals surface area contributed by atoms with Crippen LogP contribution in [0.4, 0.5) is 0 Å². The third-order valence-corrected chi connectivity index (χ3v) is 4.88. The first-order chi connectivity index (χ1) is 8.61. The number of ether oxygens (including phenoxy) is 1. The lowest BCUT2D eigenvalue weighted by Gasteiger charge is -2.39. The van der Waals surface area contributed by atoms with Crippen LogP contribution in [-0.2, 0) is 4.74 Å². The highest BCUT2D eigenvalue weighted by atomic mass is 16.5. The van der Waals surface area contributed by atoms with Gasteiger partial charge in [0.05, 0.1) is 5.60 Å². The highest BCUT2D eigenvalue weighted by molar-refractivity contribution is 4.86. The van der Waals surface area contributed by atoms with Gasteiger partial charge in [0.25, 0.3) is 0 Å². The molecule has 0 aromatic carbocycles. The summed E-state index contributed by atoms with van der Waals surface area (Å²) in [5.41, 5.74) is 0.114. The average molecular weight is 254 g/mol. The van der Waals surface area contributed by atoms with Crippen LogP contribution in [0.3, 0.4) is 0 Å². The molecule has 2 aliphatic rings. The Kier molecular flexibility index (Phi) is 5.05. The van der Waals surface area contributed by atoms with Crippen molar-refractivity contribution in [3.8, 4) is 0 Å².